The number of aromatic amines is 1. The SMILES string of the molecule is CCc1ccccc1NC(=O)CNc1ccc(S(=O)(=O)N(CC)CC)c[nH+]1. The van der Waals surface area contributed by atoms with Crippen molar-refractivity contribution >= 4 is 27.4 Å². The molecule has 2 rings (SSSR count). The molecule has 0 spiro atoms. The predicted octanol–water partition coefficient (Wildman–Crippen LogP) is 2.14. The van der Waals surface area contributed by atoms with Crippen molar-refractivity contribution in [3.63, 3.8) is 0 Å². The molecule has 3 N–H and O–H groups in total. The molecule has 0 aliphatic heterocycles. The van der Waals surface area contributed by atoms with Crippen LogP contribution in [0.3, 0.4) is 0 Å². The number of hydrogen-bond acceptors (Lipinski definition) is 4. The van der Waals surface area contributed by atoms with E-state index in [0.717, 1.165) is 17.7 Å². The van der Waals surface area contributed by atoms with Crippen LogP contribution >= 0.6 is 0 Å². The summed E-state index contributed by atoms with van der Waals surface area (Å²) in [5.74, 6) is 0.386. The Morgan fingerprint density at radius 1 is 1.07 bits per heavy atom. The third kappa shape index (κ3) is 5.27. The Kier molecular flexibility index (Phi) is 7.32. The molecular formula is C19H27N4O3S+. The highest BCUT2D eigenvalue weighted by molar-refractivity contribution is 7.89. The summed E-state index contributed by atoms with van der Waals surface area (Å²) in [7, 11) is -3.50. The summed E-state index contributed by atoms with van der Waals surface area (Å²) in [4.78, 5) is 15.2. The Hall–Kier alpha value is -2.45. The molecular weight excluding hydrogens is 364 g/mol. The minimum absolute atomic E-state index is 0.0662. The number of carbonyl (C=O) groups excluding carboxylic acids is 1. The third-order valence-corrected chi connectivity index (χ3v) is 6.29. The van der Waals surface area contributed by atoms with Crippen LogP contribution in [0, 0.1) is 0 Å². The number of aryl methyl sites for hydroxylation is 1. The van der Waals surface area contributed by atoms with E-state index in [9.17, 15) is 13.2 Å². The number of benzene rings is 1. The van der Waals surface area contributed by atoms with Gasteiger partial charge in [0.15, 0.2) is 6.54 Å². The molecule has 0 saturated heterocycles. The molecule has 1 heterocycles. The van der Waals surface area contributed by atoms with Crippen LogP contribution in [0.5, 0.6) is 0 Å². The normalized spacial score (nSPS) is 11.4. The highest BCUT2D eigenvalue weighted by Crippen LogP contribution is 2.16. The molecule has 1 aromatic carbocycles. The lowest BCUT2D eigenvalue weighted by Gasteiger charge is -2.17. The molecule has 0 bridgehead atoms. The number of rotatable bonds is 9. The highest BCUT2D eigenvalue weighted by Gasteiger charge is 2.22. The number of pyridine rings is 1. The lowest BCUT2D eigenvalue weighted by Crippen LogP contribution is -2.31. The average molecular weight is 392 g/mol. The Balaban J connectivity index is 1.98. The maximum Gasteiger partial charge on any atom is 0.272 e. The van der Waals surface area contributed by atoms with Gasteiger partial charge in [-0.05, 0) is 24.1 Å². The van der Waals surface area contributed by atoms with Gasteiger partial charge in [-0.25, -0.2) is 13.4 Å². The van der Waals surface area contributed by atoms with E-state index in [1.165, 1.54) is 16.6 Å². The van der Waals surface area contributed by atoms with Gasteiger partial charge in [0.25, 0.3) is 11.7 Å². The molecule has 0 unspecified atom stereocenters. The second-order valence-corrected chi connectivity index (χ2v) is 7.88. The Morgan fingerprint density at radius 2 is 1.78 bits per heavy atom. The van der Waals surface area contributed by atoms with Gasteiger partial charge in [0.2, 0.25) is 10.0 Å². The Morgan fingerprint density at radius 3 is 2.37 bits per heavy atom. The lowest BCUT2D eigenvalue weighted by molar-refractivity contribution is -0.364. The van der Waals surface area contributed by atoms with Crippen LogP contribution in [0.25, 0.3) is 0 Å². The summed E-state index contributed by atoms with van der Waals surface area (Å²) in [5.41, 5.74) is 1.87. The topological polar surface area (TPSA) is 92.7 Å². The number of amides is 1. The van der Waals surface area contributed by atoms with Gasteiger partial charge in [-0.3, -0.25) is 10.1 Å². The first kappa shape index (κ1) is 20.9. The zero-order chi connectivity index (χ0) is 19.9. The molecule has 27 heavy (non-hydrogen) atoms. The maximum absolute atomic E-state index is 12.5. The second-order valence-electron chi connectivity index (χ2n) is 5.94. The summed E-state index contributed by atoms with van der Waals surface area (Å²) in [6, 6.07) is 10.8. The van der Waals surface area contributed by atoms with Crippen molar-refractivity contribution in [3.05, 3.63) is 48.2 Å². The number of hydrogen-bond donors (Lipinski definition) is 2. The van der Waals surface area contributed by atoms with Gasteiger partial charge in [-0.15, -0.1) is 0 Å². The Labute approximate surface area is 160 Å². The van der Waals surface area contributed by atoms with Gasteiger partial charge in [-0.1, -0.05) is 39.0 Å². The van der Waals surface area contributed by atoms with Crippen LogP contribution in [-0.2, 0) is 21.2 Å². The van der Waals surface area contributed by atoms with E-state index in [0.29, 0.717) is 18.9 Å². The molecule has 0 aliphatic rings. The monoisotopic (exact) mass is 391 g/mol. The van der Waals surface area contributed by atoms with E-state index < -0.39 is 10.0 Å². The van der Waals surface area contributed by atoms with Crippen molar-refractivity contribution in [3.8, 4) is 0 Å². The van der Waals surface area contributed by atoms with Crippen molar-refractivity contribution in [1.82, 2.24) is 4.31 Å². The molecule has 0 atom stereocenters. The van der Waals surface area contributed by atoms with E-state index in [2.05, 4.69) is 15.6 Å². The number of H-pyrrole nitrogens is 1. The van der Waals surface area contributed by atoms with Crippen LogP contribution in [0.4, 0.5) is 11.5 Å². The standard InChI is InChI=1S/C19H26N4O3S/c1-4-15-9-7-8-10-17(15)22-19(24)14-21-18-12-11-16(13-20-18)27(25,26)23(5-2)6-3/h7-13H,4-6,14H2,1-3H3,(H,20,21)(H,22,24)/p+1. The molecule has 0 radical (unpaired) electrons. The van der Waals surface area contributed by atoms with Crippen LogP contribution in [0.2, 0.25) is 0 Å². The zero-order valence-corrected chi connectivity index (χ0v) is 16.8. The van der Waals surface area contributed by atoms with Gasteiger partial charge >= 0.3 is 0 Å². The molecule has 0 aliphatic carbocycles. The van der Waals surface area contributed by atoms with Crippen LogP contribution < -0.4 is 15.6 Å². The highest BCUT2D eigenvalue weighted by atomic mass is 32.2. The minimum Gasteiger partial charge on any atom is -0.322 e. The first-order chi connectivity index (χ1) is 12.9. The van der Waals surface area contributed by atoms with Crippen molar-refractivity contribution in [2.24, 2.45) is 0 Å². The summed E-state index contributed by atoms with van der Waals surface area (Å²) in [5, 5.41) is 5.84. The van der Waals surface area contributed by atoms with Crippen LogP contribution in [0.1, 0.15) is 26.3 Å². The van der Waals surface area contributed by atoms with E-state index in [1.807, 2.05) is 31.2 Å². The van der Waals surface area contributed by atoms with Gasteiger partial charge in [-0.2, -0.15) is 4.31 Å². The number of nitrogens with one attached hydrogen (secondary N) is 3. The van der Waals surface area contributed by atoms with E-state index in [-0.39, 0.29) is 17.3 Å². The number of carbonyl (C=O) groups is 1. The van der Waals surface area contributed by atoms with Crippen molar-refractivity contribution in [1.29, 1.82) is 0 Å². The number of aromatic nitrogens is 1. The number of anilines is 2. The summed E-state index contributed by atoms with van der Waals surface area (Å²) < 4.78 is 26.3. The van der Waals surface area contributed by atoms with Crippen LogP contribution in [0.15, 0.2) is 47.5 Å². The minimum atomic E-state index is -3.50. The maximum atomic E-state index is 12.5. The number of nitrogens with zero attached hydrogens (tertiary/aromatic N) is 1. The molecule has 8 heteroatoms. The fraction of sp³-hybridized carbons (Fsp3) is 0.368. The quantitative estimate of drug-likeness (QED) is 0.685. The van der Waals surface area contributed by atoms with E-state index in [1.54, 1.807) is 19.9 Å². The molecule has 7 nitrogen and oxygen atoms in total. The average Bonchev–Trinajstić information content (AvgIpc) is 2.68. The fourth-order valence-electron chi connectivity index (χ4n) is 2.71. The van der Waals surface area contributed by atoms with Gasteiger partial charge in [0.1, 0.15) is 11.1 Å². The summed E-state index contributed by atoms with van der Waals surface area (Å²) in [6.45, 7) is 6.53. The Bertz CT molecular complexity index is 863. The van der Waals surface area contributed by atoms with E-state index in [4.69, 9.17) is 0 Å². The second kappa shape index (κ2) is 9.48. The van der Waals surface area contributed by atoms with Gasteiger partial charge < -0.3 is 5.32 Å². The molecule has 0 saturated carbocycles. The smallest absolute Gasteiger partial charge is 0.272 e. The van der Waals surface area contributed by atoms with Crippen molar-refractivity contribution in [2.75, 3.05) is 30.3 Å². The first-order valence-electron chi connectivity index (χ1n) is 9.05. The van der Waals surface area contributed by atoms with Gasteiger partial charge in [0.05, 0.1) is 0 Å². The number of sulfonamides is 1. The van der Waals surface area contributed by atoms with E-state index >= 15 is 0 Å². The van der Waals surface area contributed by atoms with Crippen LogP contribution in [-0.4, -0.2) is 38.3 Å². The molecule has 146 valence electrons. The van der Waals surface area contributed by atoms with Crippen molar-refractivity contribution in [2.45, 2.75) is 32.1 Å². The lowest BCUT2D eigenvalue weighted by atomic mass is 10.1. The predicted molar refractivity (Wildman–Crippen MR) is 106 cm³/mol. The largest absolute Gasteiger partial charge is 0.322 e. The third-order valence-electron chi connectivity index (χ3n) is 4.24. The summed E-state index contributed by atoms with van der Waals surface area (Å²) in [6.07, 6.45) is 2.26. The van der Waals surface area contributed by atoms with Gasteiger partial charge in [0, 0.05) is 24.8 Å². The summed E-state index contributed by atoms with van der Waals surface area (Å²) >= 11 is 0. The fourth-order valence-corrected chi connectivity index (χ4v) is 4.14. The first-order valence-corrected chi connectivity index (χ1v) is 10.5. The molecule has 0 fully saturated rings. The zero-order valence-electron chi connectivity index (χ0n) is 16.0. The number of para-hydroxylation sites is 1. The molecule has 1 aromatic heterocycles. The van der Waals surface area contributed by atoms with Crippen molar-refractivity contribution < 1.29 is 18.2 Å². The molecule has 1 amide bonds. The molecule has 2 aromatic rings.